The molecule has 1 aliphatic heterocycles. The van der Waals surface area contributed by atoms with Gasteiger partial charge in [-0.25, -0.2) is 4.67 Å². The van der Waals surface area contributed by atoms with Gasteiger partial charge in [0.25, 0.3) is 8.18 Å². The lowest BCUT2D eigenvalue weighted by molar-refractivity contribution is -0.138. The highest BCUT2D eigenvalue weighted by Crippen LogP contribution is 2.53. The molecule has 32 heavy (non-hydrogen) atoms. The van der Waals surface area contributed by atoms with E-state index in [0.717, 1.165) is 11.1 Å². The smallest absolute Gasteiger partial charge is 0.318 e. The average molecular weight is 472 g/mol. The lowest BCUT2D eigenvalue weighted by Gasteiger charge is -2.42. The van der Waals surface area contributed by atoms with E-state index in [1.54, 1.807) is 24.3 Å². The number of halogens is 1. The number of para-hydroxylation sites is 1. The number of aliphatic carboxylic acids is 1. The predicted octanol–water partition coefficient (Wildman–Crippen LogP) is 5.96. The first-order valence-electron chi connectivity index (χ1n) is 10.3. The summed E-state index contributed by atoms with van der Waals surface area (Å²) < 4.78 is 26.4. The maximum Gasteiger partial charge on any atom is 0.318 e. The first-order valence-corrected chi connectivity index (χ1v) is 11.9. The summed E-state index contributed by atoms with van der Waals surface area (Å²) in [5, 5.41) is 10.3. The molecule has 1 N–H and O–H groups in total. The Balaban J connectivity index is 1.92. The molecule has 0 bridgehead atoms. The summed E-state index contributed by atoms with van der Waals surface area (Å²) in [6, 6.07) is 24.0. The van der Waals surface area contributed by atoms with Gasteiger partial charge in [-0.2, -0.15) is 0 Å². The summed E-state index contributed by atoms with van der Waals surface area (Å²) in [4.78, 5) is 11.8. The molecule has 0 amide bonds. The number of hydrogen-bond acceptors (Lipinski definition) is 4. The van der Waals surface area contributed by atoms with Crippen molar-refractivity contribution in [2.45, 2.75) is 18.4 Å². The van der Waals surface area contributed by atoms with Gasteiger partial charge in [0.1, 0.15) is 18.0 Å². The van der Waals surface area contributed by atoms with Gasteiger partial charge in [0, 0.05) is 10.6 Å². The molecule has 3 aromatic rings. The second-order valence-electron chi connectivity index (χ2n) is 7.48. The molecule has 166 valence electrons. The van der Waals surface area contributed by atoms with Gasteiger partial charge in [-0.3, -0.25) is 9.36 Å². The van der Waals surface area contributed by atoms with Crippen LogP contribution in [0.5, 0.6) is 11.5 Å². The second kappa shape index (κ2) is 9.88. The Kier molecular flexibility index (Phi) is 6.97. The van der Waals surface area contributed by atoms with E-state index < -0.39 is 26.2 Å². The minimum Gasteiger partial charge on any atom is -0.480 e. The highest BCUT2D eigenvalue weighted by Gasteiger charge is 2.47. The molecule has 0 aliphatic carbocycles. The zero-order valence-corrected chi connectivity index (χ0v) is 19.0. The summed E-state index contributed by atoms with van der Waals surface area (Å²) in [5.41, 5.74) is 0.554. The molecule has 2 unspecified atom stereocenters. The van der Waals surface area contributed by atoms with Crippen LogP contribution in [0.4, 0.5) is 0 Å². The Bertz CT molecular complexity index is 1110. The number of carboxylic acid groups (broad SMARTS) is 1. The van der Waals surface area contributed by atoms with E-state index in [1.807, 2.05) is 54.6 Å². The number of hydrogen-bond donors (Lipinski definition) is 1. The van der Waals surface area contributed by atoms with Crippen LogP contribution in [-0.2, 0) is 19.4 Å². The van der Waals surface area contributed by atoms with E-state index in [1.165, 1.54) is 4.67 Å². The van der Waals surface area contributed by atoms with Crippen LogP contribution in [0.1, 0.15) is 24.0 Å². The van der Waals surface area contributed by atoms with E-state index in [2.05, 4.69) is 0 Å². The van der Waals surface area contributed by atoms with Crippen molar-refractivity contribution in [3.8, 4) is 11.5 Å². The summed E-state index contributed by atoms with van der Waals surface area (Å²) in [5.74, 6) is 0.0587. The standard InChI is InChI=1S/C24H23ClNO5P/c25-19-11-13-20(14-12-19)31-22-10-5-4-9-21(22)24(18-7-2-1-3-8-18)15-6-16-30-32(29)26(24)17-23(27)28/h1-5,7-14,32H,6,15-17H2,(H,27,28). The van der Waals surface area contributed by atoms with Gasteiger partial charge in [0.05, 0.1) is 12.1 Å². The molecule has 0 aromatic heterocycles. The van der Waals surface area contributed by atoms with Crippen molar-refractivity contribution in [3.05, 3.63) is 95.0 Å². The second-order valence-corrected chi connectivity index (χ2v) is 9.27. The number of benzene rings is 3. The monoisotopic (exact) mass is 471 g/mol. The average Bonchev–Trinajstić information content (AvgIpc) is 2.96. The highest BCUT2D eigenvalue weighted by molar-refractivity contribution is 7.36. The largest absolute Gasteiger partial charge is 0.480 e. The zero-order chi connectivity index (χ0) is 22.6. The number of nitrogens with zero attached hydrogens (tertiary/aromatic N) is 1. The van der Waals surface area contributed by atoms with E-state index in [9.17, 15) is 14.5 Å². The van der Waals surface area contributed by atoms with E-state index in [0.29, 0.717) is 36.0 Å². The summed E-state index contributed by atoms with van der Waals surface area (Å²) in [7, 11) is -2.83. The third kappa shape index (κ3) is 4.59. The van der Waals surface area contributed by atoms with Crippen molar-refractivity contribution >= 4 is 25.7 Å². The first kappa shape index (κ1) is 22.6. The lowest BCUT2D eigenvalue weighted by Crippen LogP contribution is -2.45. The van der Waals surface area contributed by atoms with Crippen LogP contribution in [0.2, 0.25) is 5.02 Å². The Hall–Kier alpha value is -2.63. The summed E-state index contributed by atoms with van der Waals surface area (Å²) >= 11 is 6.01. The minimum atomic E-state index is -2.83. The van der Waals surface area contributed by atoms with Gasteiger partial charge in [-0.15, -0.1) is 0 Å². The zero-order valence-electron chi connectivity index (χ0n) is 17.2. The molecule has 1 fully saturated rings. The Morgan fingerprint density at radius 2 is 1.75 bits per heavy atom. The Morgan fingerprint density at radius 3 is 2.47 bits per heavy atom. The number of rotatable bonds is 6. The Morgan fingerprint density at radius 1 is 1.06 bits per heavy atom. The maximum atomic E-state index is 13.2. The van der Waals surface area contributed by atoms with Gasteiger partial charge in [-0.05, 0) is 48.7 Å². The molecule has 2 atom stereocenters. The molecule has 1 heterocycles. The summed E-state index contributed by atoms with van der Waals surface area (Å²) in [6.45, 7) is -0.134. The lowest BCUT2D eigenvalue weighted by atomic mass is 9.78. The van der Waals surface area contributed by atoms with Crippen molar-refractivity contribution in [2.24, 2.45) is 0 Å². The third-order valence-electron chi connectivity index (χ3n) is 5.51. The summed E-state index contributed by atoms with van der Waals surface area (Å²) in [6.07, 6.45) is 1.12. The molecule has 1 aliphatic rings. The molecule has 4 rings (SSSR count). The van der Waals surface area contributed by atoms with Crippen molar-refractivity contribution in [3.63, 3.8) is 0 Å². The fourth-order valence-electron chi connectivity index (χ4n) is 4.17. The number of carboxylic acids is 1. The van der Waals surface area contributed by atoms with E-state index in [-0.39, 0.29) is 0 Å². The molecule has 3 aromatic carbocycles. The van der Waals surface area contributed by atoms with Crippen LogP contribution < -0.4 is 4.74 Å². The molecule has 0 spiro atoms. The molecule has 1 saturated heterocycles. The quantitative estimate of drug-likeness (QED) is 0.447. The van der Waals surface area contributed by atoms with Crippen LogP contribution in [0.3, 0.4) is 0 Å². The van der Waals surface area contributed by atoms with Crippen molar-refractivity contribution in [2.75, 3.05) is 13.2 Å². The van der Waals surface area contributed by atoms with E-state index >= 15 is 0 Å². The predicted molar refractivity (Wildman–Crippen MR) is 124 cm³/mol. The van der Waals surface area contributed by atoms with Crippen LogP contribution in [-0.4, -0.2) is 28.9 Å². The van der Waals surface area contributed by atoms with Gasteiger partial charge in [-0.1, -0.05) is 60.1 Å². The van der Waals surface area contributed by atoms with Gasteiger partial charge >= 0.3 is 5.97 Å². The third-order valence-corrected chi connectivity index (χ3v) is 7.19. The number of carbonyl (C=O) groups is 1. The van der Waals surface area contributed by atoms with Gasteiger partial charge in [0.15, 0.2) is 0 Å². The fraction of sp³-hybridized carbons (Fsp3) is 0.208. The van der Waals surface area contributed by atoms with Crippen molar-refractivity contribution < 1.29 is 23.7 Å². The first-order chi connectivity index (χ1) is 15.5. The number of ether oxygens (including phenoxy) is 1. The fourth-order valence-corrected chi connectivity index (χ4v) is 5.71. The van der Waals surface area contributed by atoms with Crippen LogP contribution in [0.25, 0.3) is 0 Å². The minimum absolute atomic E-state index is 0.294. The van der Waals surface area contributed by atoms with Gasteiger partial charge in [0.2, 0.25) is 0 Å². The Labute approximate surface area is 192 Å². The topological polar surface area (TPSA) is 76.1 Å². The molecule has 0 radical (unpaired) electrons. The SMILES string of the molecule is O=C(O)CN1[PH](=O)OCCCC1(c1ccccc1)c1ccccc1Oc1ccc(Cl)cc1. The molecule has 6 nitrogen and oxygen atoms in total. The van der Waals surface area contributed by atoms with Gasteiger partial charge < -0.3 is 14.4 Å². The van der Waals surface area contributed by atoms with Crippen LogP contribution >= 0.6 is 19.8 Å². The maximum absolute atomic E-state index is 13.2. The normalized spacial score (nSPS) is 21.6. The van der Waals surface area contributed by atoms with Crippen molar-refractivity contribution in [1.82, 2.24) is 4.67 Å². The molecular formula is C24H23ClNO5P. The van der Waals surface area contributed by atoms with E-state index in [4.69, 9.17) is 20.9 Å². The van der Waals surface area contributed by atoms with Crippen molar-refractivity contribution in [1.29, 1.82) is 0 Å². The molecule has 0 saturated carbocycles. The molecular weight excluding hydrogens is 449 g/mol. The highest BCUT2D eigenvalue weighted by atomic mass is 35.5. The molecule has 8 heteroatoms. The van der Waals surface area contributed by atoms with Crippen LogP contribution in [0, 0.1) is 0 Å². The van der Waals surface area contributed by atoms with Crippen LogP contribution in [0.15, 0.2) is 78.9 Å².